The van der Waals surface area contributed by atoms with Crippen LogP contribution in [0.3, 0.4) is 0 Å². The molecule has 5 aliphatic heterocycles. The van der Waals surface area contributed by atoms with E-state index in [-0.39, 0.29) is 45.5 Å². The SMILES string of the molecule is BrCc1ccc(Br)nc1.CC1(C)OB(c2ccc(-c3nc4c(cc3Cl)nc(O[C@@H]3CO[C@H]5[C@@H]3OC[C@H]5O)n4COCC[Si](C)(C)C)cc2)OC1(C)C.CS(C)(=O)=NCc1ccc(Br)nc1.C[Si](C)(C)CCOCn1c(O[C@@H]2CO[C@H]3[C@@H]2OC[C@H]3O)nc2cc(Cl)c(-c3ccc(-c4ccc(CN=S(C)(C)=O)cn4)cc3)nc21. The number of benzene rings is 2. The van der Waals surface area contributed by atoms with Crippen LogP contribution in [0.1, 0.15) is 44.4 Å². The van der Waals surface area contributed by atoms with Gasteiger partial charge in [0, 0.05) is 114 Å². The zero-order valence-corrected chi connectivity index (χ0v) is 74.7. The van der Waals surface area contributed by atoms with Crippen molar-refractivity contribution in [3.63, 3.8) is 0 Å². The highest BCUT2D eigenvalue weighted by Gasteiger charge is 2.53. The van der Waals surface area contributed by atoms with Crippen molar-refractivity contribution in [1.82, 2.24) is 44.0 Å². The summed E-state index contributed by atoms with van der Waals surface area (Å²) in [5.74, 6) is 0. The Morgan fingerprint density at radius 3 is 1.33 bits per heavy atom. The van der Waals surface area contributed by atoms with E-state index in [0.29, 0.717) is 88.7 Å². The smallest absolute Gasteiger partial charge is 0.456 e. The average Bonchev–Trinajstić information content (AvgIpc) is 1.63. The predicted molar refractivity (Wildman–Crippen MR) is 452 cm³/mol. The fourth-order valence-corrected chi connectivity index (χ4v) is 15.7. The molecule has 0 spiro atoms. The molecule has 14 rings (SSSR count). The highest BCUT2D eigenvalue weighted by atomic mass is 79.9. The zero-order chi connectivity index (χ0) is 80.0. The van der Waals surface area contributed by atoms with Crippen molar-refractivity contribution in [3.05, 3.63) is 152 Å². The summed E-state index contributed by atoms with van der Waals surface area (Å²) in [6, 6.07) is 33.7. The Balaban J connectivity index is 0.000000173. The van der Waals surface area contributed by atoms with Crippen LogP contribution in [-0.2, 0) is 89.1 Å². The molecule has 0 radical (unpaired) electrons. The minimum Gasteiger partial charge on any atom is -0.456 e. The van der Waals surface area contributed by atoms with Crippen molar-refractivity contribution in [2.24, 2.45) is 8.73 Å². The lowest BCUT2D eigenvalue weighted by Gasteiger charge is -2.32. The van der Waals surface area contributed by atoms with Gasteiger partial charge in [0.05, 0.1) is 77.8 Å². The minimum absolute atomic E-state index is 0.205. The van der Waals surface area contributed by atoms with E-state index in [1.54, 1.807) is 49.5 Å². The van der Waals surface area contributed by atoms with Crippen molar-refractivity contribution >= 4 is 142 Å². The minimum atomic E-state index is -2.16. The Bertz CT molecular complexity index is 4910. The van der Waals surface area contributed by atoms with Gasteiger partial charge in [-0.05, 0) is 124 Å². The number of aromatic nitrogens is 9. The van der Waals surface area contributed by atoms with E-state index in [1.165, 1.54) is 5.56 Å². The van der Waals surface area contributed by atoms with Crippen LogP contribution in [0.2, 0.25) is 61.4 Å². The first-order valence-electron chi connectivity index (χ1n) is 36.4. The molecule has 0 saturated carbocycles. The van der Waals surface area contributed by atoms with Crippen LogP contribution in [0, 0.1) is 0 Å². The number of imidazole rings is 2. The van der Waals surface area contributed by atoms with E-state index in [2.05, 4.69) is 111 Å². The summed E-state index contributed by atoms with van der Waals surface area (Å²) in [4.78, 5) is 32.1. The van der Waals surface area contributed by atoms with Crippen molar-refractivity contribution in [2.45, 2.75) is 171 Å². The normalized spacial score (nSPS) is 21.3. The molecule has 111 heavy (non-hydrogen) atoms. The molecule has 7 aromatic heterocycles. The zero-order valence-electron chi connectivity index (χ0n) is 64.8. The van der Waals surface area contributed by atoms with Gasteiger partial charge in [-0.2, -0.15) is 9.97 Å². The van der Waals surface area contributed by atoms with Gasteiger partial charge in [0.15, 0.2) is 23.5 Å². The number of alkyl halides is 1. The summed E-state index contributed by atoms with van der Waals surface area (Å²) in [5, 5.41) is 22.2. The highest BCUT2D eigenvalue weighted by Crippen LogP contribution is 2.40. The number of fused-ring (bicyclic) bond motifs is 4. The number of halogens is 5. The topological polar surface area (TPSA) is 292 Å². The van der Waals surface area contributed by atoms with E-state index in [4.69, 9.17) is 90.3 Å². The van der Waals surface area contributed by atoms with E-state index >= 15 is 0 Å². The fourth-order valence-electron chi connectivity index (χ4n) is 12.0. The Hall–Kier alpha value is -5.25. The Labute approximate surface area is 687 Å². The van der Waals surface area contributed by atoms with Crippen LogP contribution in [0.4, 0.5) is 0 Å². The van der Waals surface area contributed by atoms with Gasteiger partial charge < -0.3 is 57.4 Å². The maximum Gasteiger partial charge on any atom is 0.494 e. The quantitative estimate of drug-likeness (QED) is 0.0260. The standard InChI is InChI=1S/C32H40ClN5O6SSi.C30H41BClN3O7Si.C8H11BrN2OS.C6H5Br2N/c1-45(2,40)35-16-20-6-11-24(34-15-20)21-7-9-22(10-8-21)28-23(33)14-25-31(37-28)38(19-41-12-13-46(3,4)5)32(36-25)44-27-18-43-29-26(39)17-42-30(27)29;1-29(2)30(3,4)42-31(41-29)19-10-8-18(9-11-19)24-20(32)14-21-27(34-24)35(17-37-12-13-43(5,6)7)28(33-21)40-23-16-39-25-22(36)15-38-26(23)25;1-13(2,12)11-6-7-3-4-8(9)10-5-7;7-3-5-1-2-6(8)9-4-5/h6-11,14-15,26-27,29-30,39H,12-13,16-19H2,1-5H3;8-11,14,22-23,25-26,36H,12-13,15-17H2,1-7H3;3-5H,6H2,1-2H3;1-2,4H,3H2/t26-,27-,29-,30-;22-,23-,25-,26-;;/m11../s1. The third-order valence-electron chi connectivity index (χ3n) is 19.0. The molecule has 35 heteroatoms. The lowest BCUT2D eigenvalue weighted by molar-refractivity contribution is 0.00332. The number of ether oxygens (including phenoxy) is 8. The lowest BCUT2D eigenvalue weighted by atomic mass is 9.79. The van der Waals surface area contributed by atoms with Crippen LogP contribution in [0.15, 0.2) is 134 Å². The Morgan fingerprint density at radius 1 is 0.550 bits per heavy atom. The van der Waals surface area contributed by atoms with Crippen molar-refractivity contribution in [1.29, 1.82) is 0 Å². The van der Waals surface area contributed by atoms with Gasteiger partial charge in [-0.1, -0.05) is 145 Å². The second-order valence-electron chi connectivity index (χ2n) is 31.7. The monoisotopic (exact) mass is 1830 g/mol. The van der Waals surface area contributed by atoms with Crippen molar-refractivity contribution in [2.75, 3.05) is 64.7 Å². The van der Waals surface area contributed by atoms with Crippen LogP contribution in [0.25, 0.3) is 56.1 Å². The third kappa shape index (κ3) is 23.3. The van der Waals surface area contributed by atoms with Gasteiger partial charge in [0.1, 0.15) is 70.3 Å². The molecule has 9 aromatic rings. The van der Waals surface area contributed by atoms with Gasteiger partial charge in [-0.15, -0.1) is 0 Å². The second-order valence-corrected chi connectivity index (χ2v) is 51.2. The number of rotatable bonds is 23. The summed E-state index contributed by atoms with van der Waals surface area (Å²) in [6.07, 6.45) is 8.04. The van der Waals surface area contributed by atoms with Gasteiger partial charge in [0.25, 0.3) is 0 Å². The number of hydrogen-bond donors (Lipinski definition) is 2. The summed E-state index contributed by atoms with van der Waals surface area (Å²) in [6.45, 7) is 25.5. The number of nitrogens with zero attached hydrogens (tertiary/aromatic N) is 11. The molecular weight excluding hydrogens is 1730 g/mol. The maximum atomic E-state index is 11.9. The molecule has 2 N–H and O–H groups in total. The molecule has 598 valence electrons. The number of aliphatic hydroxyl groups excluding tert-OH is 2. The molecule has 12 heterocycles. The predicted octanol–water partition coefficient (Wildman–Crippen LogP) is 14.3. The molecule has 5 fully saturated rings. The molecule has 8 atom stereocenters. The van der Waals surface area contributed by atoms with Crippen molar-refractivity contribution in [3.8, 4) is 45.8 Å². The molecule has 5 aliphatic rings. The molecular formula is C76H97BBr3Cl2N11O14S2Si2. The summed E-state index contributed by atoms with van der Waals surface area (Å²) < 4.78 is 97.2. The molecule has 5 saturated heterocycles. The lowest BCUT2D eigenvalue weighted by Crippen LogP contribution is -2.41. The Kier molecular flexibility index (Phi) is 28.8. The molecule has 25 nitrogen and oxygen atoms in total. The maximum absolute atomic E-state index is 11.9. The summed E-state index contributed by atoms with van der Waals surface area (Å²) in [7, 11) is -7.18. The van der Waals surface area contributed by atoms with E-state index in [0.717, 1.165) is 65.6 Å². The Morgan fingerprint density at radius 2 is 0.946 bits per heavy atom. The molecule has 0 bridgehead atoms. The number of hydrogen-bond acceptors (Lipinski definition) is 23. The van der Waals surface area contributed by atoms with Crippen LogP contribution < -0.4 is 14.9 Å². The van der Waals surface area contributed by atoms with Gasteiger partial charge in [0.2, 0.25) is 0 Å². The van der Waals surface area contributed by atoms with Crippen LogP contribution in [-0.4, -0.2) is 211 Å². The van der Waals surface area contributed by atoms with E-state index in [9.17, 15) is 18.6 Å². The van der Waals surface area contributed by atoms with Gasteiger partial charge in [-0.25, -0.2) is 28.7 Å². The van der Waals surface area contributed by atoms with E-state index in [1.807, 2.05) is 128 Å². The van der Waals surface area contributed by atoms with Crippen LogP contribution in [0.5, 0.6) is 12.0 Å². The van der Waals surface area contributed by atoms with Gasteiger partial charge >= 0.3 is 19.1 Å². The number of pyridine rings is 5. The third-order valence-corrected chi connectivity index (χ3v) is 26.1. The van der Waals surface area contributed by atoms with E-state index < -0.39 is 90.6 Å². The largest absolute Gasteiger partial charge is 0.494 e. The molecule has 0 amide bonds. The summed E-state index contributed by atoms with van der Waals surface area (Å²) in [5.41, 5.74) is 10.2. The second kappa shape index (κ2) is 36.9. The molecule has 0 unspecified atom stereocenters. The number of aliphatic hydroxyl groups is 2. The first kappa shape index (κ1) is 86.6. The highest BCUT2D eigenvalue weighted by molar-refractivity contribution is 9.10. The first-order chi connectivity index (χ1) is 52.4. The molecule has 2 aromatic carbocycles. The van der Waals surface area contributed by atoms with Crippen LogP contribution >= 0.6 is 71.0 Å². The molecule has 0 aliphatic carbocycles. The van der Waals surface area contributed by atoms with Gasteiger partial charge in [-0.3, -0.25) is 22.5 Å². The summed E-state index contributed by atoms with van der Waals surface area (Å²) >= 11 is 23.4. The first-order valence-corrected chi connectivity index (χ1v) is 51.9. The average molecular weight is 1830 g/mol. The fraction of sp³-hybridized carbons (Fsp3) is 0.487. The van der Waals surface area contributed by atoms with Crippen molar-refractivity contribution < 1.29 is 65.8 Å².